The molecule has 0 fully saturated rings. The minimum atomic E-state index is -0.439. The molecule has 0 saturated carbocycles. The number of aromatic nitrogens is 1. The summed E-state index contributed by atoms with van der Waals surface area (Å²) in [4.78, 5) is 20.0. The van der Waals surface area contributed by atoms with E-state index in [1.165, 1.54) is 6.07 Å². The minimum absolute atomic E-state index is 0.00449. The van der Waals surface area contributed by atoms with Crippen molar-refractivity contribution in [2.24, 2.45) is 0 Å². The van der Waals surface area contributed by atoms with Crippen LogP contribution in [0.2, 0.25) is 5.02 Å². The topological polar surface area (TPSA) is 73.7 Å². The van der Waals surface area contributed by atoms with E-state index in [9.17, 15) is 15.0 Å². The van der Waals surface area contributed by atoms with Gasteiger partial charge >= 0.3 is 0 Å². The van der Waals surface area contributed by atoms with Crippen molar-refractivity contribution in [3.05, 3.63) is 119 Å². The molecule has 0 aliphatic carbocycles. The predicted octanol–water partition coefficient (Wildman–Crippen LogP) is 7.12. The summed E-state index contributed by atoms with van der Waals surface area (Å²) in [5.74, 6) is -1.07. The Hall–Kier alpha value is -4.35. The highest BCUT2D eigenvalue weighted by molar-refractivity contribution is 6.32. The molecule has 5 rings (SSSR count). The highest BCUT2D eigenvalue weighted by Crippen LogP contribution is 2.34. The first-order valence-electron chi connectivity index (χ1n) is 11.4. The van der Waals surface area contributed by atoms with E-state index in [-0.39, 0.29) is 28.6 Å². The van der Waals surface area contributed by atoms with Gasteiger partial charge in [0, 0.05) is 22.7 Å². The number of hydrogen-bond donors (Lipinski definition) is 2. The van der Waals surface area contributed by atoms with E-state index in [1.54, 1.807) is 4.90 Å². The molecule has 2 N–H and O–H groups in total. The SMILES string of the molecule is Cc1cc2ccccc2nc1-c1ccc(N(Cc2ccccc2)C(=O)c2cc(Cl)c(O)cc2O)cc1. The Bertz CT molecular complexity index is 1570. The number of phenols is 2. The Morgan fingerprint density at radius 1 is 0.861 bits per heavy atom. The molecule has 0 spiro atoms. The summed E-state index contributed by atoms with van der Waals surface area (Å²) in [6, 6.07) is 29.7. The van der Waals surface area contributed by atoms with Crippen molar-refractivity contribution in [1.82, 2.24) is 4.98 Å². The zero-order chi connectivity index (χ0) is 25.2. The number of rotatable bonds is 5. The van der Waals surface area contributed by atoms with Gasteiger partial charge in [-0.1, -0.05) is 72.3 Å². The van der Waals surface area contributed by atoms with E-state index in [0.717, 1.165) is 39.4 Å². The van der Waals surface area contributed by atoms with Crippen LogP contribution in [-0.4, -0.2) is 21.1 Å². The summed E-state index contributed by atoms with van der Waals surface area (Å²) >= 11 is 6.05. The van der Waals surface area contributed by atoms with Crippen molar-refractivity contribution in [3.63, 3.8) is 0 Å². The van der Waals surface area contributed by atoms with Crippen LogP contribution in [0.3, 0.4) is 0 Å². The number of pyridine rings is 1. The third-order valence-corrected chi connectivity index (χ3v) is 6.39. The van der Waals surface area contributed by atoms with Crippen LogP contribution < -0.4 is 4.90 Å². The van der Waals surface area contributed by atoms with Gasteiger partial charge in [-0.3, -0.25) is 4.79 Å². The molecule has 1 amide bonds. The Kier molecular flexibility index (Phi) is 6.32. The van der Waals surface area contributed by atoms with Crippen molar-refractivity contribution in [2.45, 2.75) is 13.5 Å². The molecule has 6 heteroatoms. The van der Waals surface area contributed by atoms with Gasteiger partial charge in [-0.2, -0.15) is 0 Å². The number of amides is 1. The number of carbonyl (C=O) groups is 1. The average Bonchev–Trinajstić information content (AvgIpc) is 2.89. The molecule has 1 aromatic heterocycles. The first-order chi connectivity index (χ1) is 17.4. The van der Waals surface area contributed by atoms with E-state index in [1.807, 2.05) is 85.8 Å². The first kappa shape index (κ1) is 23.4. The monoisotopic (exact) mass is 494 g/mol. The van der Waals surface area contributed by atoms with E-state index in [0.29, 0.717) is 5.69 Å². The third-order valence-electron chi connectivity index (χ3n) is 6.09. The van der Waals surface area contributed by atoms with Crippen LogP contribution in [0.1, 0.15) is 21.5 Å². The van der Waals surface area contributed by atoms with Crippen LogP contribution in [0, 0.1) is 6.92 Å². The maximum atomic E-state index is 13.6. The van der Waals surface area contributed by atoms with Crippen molar-refractivity contribution in [1.29, 1.82) is 0 Å². The molecule has 1 heterocycles. The number of aryl methyl sites for hydroxylation is 1. The Morgan fingerprint density at radius 2 is 1.56 bits per heavy atom. The van der Waals surface area contributed by atoms with Crippen molar-refractivity contribution >= 4 is 34.1 Å². The average molecular weight is 495 g/mol. The number of hydrogen-bond acceptors (Lipinski definition) is 4. The second kappa shape index (κ2) is 9.72. The predicted molar refractivity (Wildman–Crippen MR) is 144 cm³/mol. The van der Waals surface area contributed by atoms with Crippen molar-refractivity contribution < 1.29 is 15.0 Å². The number of aromatic hydroxyl groups is 2. The molecule has 4 aromatic carbocycles. The number of fused-ring (bicyclic) bond motifs is 1. The maximum Gasteiger partial charge on any atom is 0.262 e. The second-order valence-corrected chi connectivity index (χ2v) is 9.00. The van der Waals surface area contributed by atoms with Crippen LogP contribution in [0.15, 0.2) is 97.1 Å². The summed E-state index contributed by atoms with van der Waals surface area (Å²) in [6.07, 6.45) is 0. The van der Waals surface area contributed by atoms with Crippen molar-refractivity contribution in [3.8, 4) is 22.8 Å². The molecule has 0 aliphatic rings. The van der Waals surface area contributed by atoms with Gasteiger partial charge in [-0.05, 0) is 48.4 Å². The number of anilines is 1. The lowest BCUT2D eigenvalue weighted by molar-refractivity contribution is 0.0982. The normalized spacial score (nSPS) is 10.9. The molecular formula is C30H23ClN2O3. The van der Waals surface area contributed by atoms with E-state index >= 15 is 0 Å². The van der Waals surface area contributed by atoms with Gasteiger partial charge in [0.05, 0.1) is 28.3 Å². The standard InChI is InChI=1S/C30H23ClN2O3/c1-19-15-22-9-5-6-10-26(22)32-29(19)21-11-13-23(14-12-21)33(18-20-7-3-2-4-8-20)30(36)24-16-25(31)28(35)17-27(24)34/h2-17,34-35H,18H2,1H3. The summed E-state index contributed by atoms with van der Waals surface area (Å²) in [6.45, 7) is 2.31. The zero-order valence-electron chi connectivity index (χ0n) is 19.5. The number of halogens is 1. The minimum Gasteiger partial charge on any atom is -0.507 e. The highest BCUT2D eigenvalue weighted by atomic mass is 35.5. The highest BCUT2D eigenvalue weighted by Gasteiger charge is 2.23. The molecule has 5 aromatic rings. The molecule has 0 radical (unpaired) electrons. The fourth-order valence-electron chi connectivity index (χ4n) is 4.23. The van der Waals surface area contributed by atoms with Crippen LogP contribution >= 0.6 is 11.6 Å². The number of para-hydroxylation sites is 1. The van der Waals surface area contributed by atoms with Gasteiger partial charge in [0.1, 0.15) is 11.5 Å². The summed E-state index contributed by atoms with van der Waals surface area (Å²) in [5, 5.41) is 21.3. The van der Waals surface area contributed by atoms with Gasteiger partial charge in [0.15, 0.2) is 0 Å². The fraction of sp³-hybridized carbons (Fsp3) is 0.0667. The van der Waals surface area contributed by atoms with E-state index in [4.69, 9.17) is 16.6 Å². The van der Waals surface area contributed by atoms with E-state index in [2.05, 4.69) is 6.07 Å². The number of benzene rings is 4. The molecule has 5 nitrogen and oxygen atoms in total. The molecule has 0 aliphatic heterocycles. The molecule has 0 bridgehead atoms. The Balaban J connectivity index is 1.54. The van der Waals surface area contributed by atoms with Gasteiger partial charge in [0.25, 0.3) is 5.91 Å². The van der Waals surface area contributed by atoms with Gasteiger partial charge in [-0.15, -0.1) is 0 Å². The third kappa shape index (κ3) is 4.61. The fourth-order valence-corrected chi connectivity index (χ4v) is 4.39. The maximum absolute atomic E-state index is 13.6. The first-order valence-corrected chi connectivity index (χ1v) is 11.8. The quantitative estimate of drug-likeness (QED) is 0.273. The lowest BCUT2D eigenvalue weighted by Crippen LogP contribution is -2.30. The number of phenolic OH excluding ortho intramolecular Hbond substituents is 2. The summed E-state index contributed by atoms with van der Waals surface area (Å²) in [5.41, 5.74) is 5.37. The summed E-state index contributed by atoms with van der Waals surface area (Å²) < 4.78 is 0. The molecular weight excluding hydrogens is 472 g/mol. The van der Waals surface area contributed by atoms with Crippen molar-refractivity contribution in [2.75, 3.05) is 4.90 Å². The molecule has 0 saturated heterocycles. The summed E-state index contributed by atoms with van der Waals surface area (Å²) in [7, 11) is 0. The lowest BCUT2D eigenvalue weighted by atomic mass is 10.0. The number of carbonyl (C=O) groups excluding carboxylic acids is 1. The smallest absolute Gasteiger partial charge is 0.262 e. The zero-order valence-corrected chi connectivity index (χ0v) is 20.3. The lowest BCUT2D eigenvalue weighted by Gasteiger charge is -2.24. The van der Waals surface area contributed by atoms with Crippen LogP contribution in [0.25, 0.3) is 22.2 Å². The van der Waals surface area contributed by atoms with Gasteiger partial charge < -0.3 is 15.1 Å². The molecule has 178 valence electrons. The Labute approximate surface area is 213 Å². The molecule has 0 unspecified atom stereocenters. The molecule has 0 atom stereocenters. The number of nitrogens with zero attached hydrogens (tertiary/aromatic N) is 2. The van der Waals surface area contributed by atoms with Crippen LogP contribution in [0.5, 0.6) is 11.5 Å². The second-order valence-electron chi connectivity index (χ2n) is 8.59. The van der Waals surface area contributed by atoms with Crippen LogP contribution in [0.4, 0.5) is 5.69 Å². The van der Waals surface area contributed by atoms with Crippen LogP contribution in [-0.2, 0) is 6.54 Å². The largest absolute Gasteiger partial charge is 0.507 e. The van der Waals surface area contributed by atoms with Gasteiger partial charge in [0.2, 0.25) is 0 Å². The van der Waals surface area contributed by atoms with E-state index < -0.39 is 5.91 Å². The Morgan fingerprint density at radius 3 is 2.31 bits per heavy atom. The van der Waals surface area contributed by atoms with Gasteiger partial charge in [-0.25, -0.2) is 4.98 Å². The molecule has 36 heavy (non-hydrogen) atoms.